The van der Waals surface area contributed by atoms with Gasteiger partial charge in [-0.25, -0.2) is 4.98 Å². The van der Waals surface area contributed by atoms with E-state index >= 15 is 0 Å². The van der Waals surface area contributed by atoms with Crippen LogP contribution in [0.1, 0.15) is 25.0 Å². The average Bonchev–Trinajstić information content (AvgIpc) is 2.41. The molecule has 0 saturated heterocycles. The summed E-state index contributed by atoms with van der Waals surface area (Å²) in [6, 6.07) is 11.0. The molecule has 2 nitrogen and oxygen atoms in total. The van der Waals surface area contributed by atoms with Crippen LogP contribution in [0, 0.1) is 6.92 Å². The van der Waals surface area contributed by atoms with Gasteiger partial charge in [-0.2, -0.15) is 0 Å². The first-order chi connectivity index (χ1) is 9.54. The predicted octanol–water partition coefficient (Wildman–Crippen LogP) is 4.80. The number of hydrogen-bond donors (Lipinski definition) is 1. The van der Waals surface area contributed by atoms with E-state index in [-0.39, 0.29) is 0 Å². The van der Waals surface area contributed by atoms with E-state index in [2.05, 4.69) is 77.3 Å². The summed E-state index contributed by atoms with van der Waals surface area (Å²) in [7, 11) is 0. The molecule has 2 rings (SSSR count). The lowest BCUT2D eigenvalue weighted by molar-refractivity contribution is 0.587. The Morgan fingerprint density at radius 1 is 1.25 bits per heavy atom. The third-order valence-electron chi connectivity index (χ3n) is 2.83. The van der Waals surface area contributed by atoms with Crippen molar-refractivity contribution in [3.63, 3.8) is 0 Å². The van der Waals surface area contributed by atoms with E-state index in [1.54, 1.807) is 11.8 Å². The van der Waals surface area contributed by atoms with Gasteiger partial charge in [0.1, 0.15) is 5.03 Å². The lowest BCUT2D eigenvalue weighted by Crippen LogP contribution is -2.21. The van der Waals surface area contributed by atoms with Crippen LogP contribution in [0.15, 0.2) is 50.9 Å². The van der Waals surface area contributed by atoms with Gasteiger partial charge in [-0.3, -0.25) is 0 Å². The molecule has 0 fully saturated rings. The van der Waals surface area contributed by atoms with Gasteiger partial charge < -0.3 is 5.32 Å². The van der Waals surface area contributed by atoms with Crippen LogP contribution in [-0.2, 0) is 6.54 Å². The van der Waals surface area contributed by atoms with Gasteiger partial charge in [0.25, 0.3) is 0 Å². The maximum atomic E-state index is 4.59. The molecule has 0 aliphatic carbocycles. The van der Waals surface area contributed by atoms with Gasteiger partial charge in [0.15, 0.2) is 0 Å². The van der Waals surface area contributed by atoms with Gasteiger partial charge in [-0.05, 0) is 42.3 Å². The molecule has 2 aromatic rings. The van der Waals surface area contributed by atoms with Crippen molar-refractivity contribution in [3.8, 4) is 0 Å². The van der Waals surface area contributed by atoms with E-state index in [9.17, 15) is 0 Å². The largest absolute Gasteiger partial charge is 0.310 e. The number of nitrogens with zero attached hydrogens (tertiary/aromatic N) is 1. The molecule has 0 amide bonds. The molecular weight excluding hydrogens is 332 g/mol. The van der Waals surface area contributed by atoms with Crippen molar-refractivity contribution in [2.75, 3.05) is 0 Å². The highest BCUT2D eigenvalue weighted by molar-refractivity contribution is 9.10. The van der Waals surface area contributed by atoms with Gasteiger partial charge in [0.05, 0.1) is 0 Å². The molecule has 1 heterocycles. The van der Waals surface area contributed by atoms with Crippen molar-refractivity contribution in [1.29, 1.82) is 0 Å². The van der Waals surface area contributed by atoms with Crippen molar-refractivity contribution >= 4 is 27.7 Å². The van der Waals surface area contributed by atoms with Gasteiger partial charge in [-0.1, -0.05) is 47.6 Å². The summed E-state index contributed by atoms with van der Waals surface area (Å²) in [5.41, 5.74) is 2.46. The van der Waals surface area contributed by atoms with Crippen LogP contribution in [-0.4, -0.2) is 11.0 Å². The van der Waals surface area contributed by atoms with Gasteiger partial charge in [0, 0.05) is 28.2 Å². The van der Waals surface area contributed by atoms with Crippen LogP contribution < -0.4 is 5.32 Å². The minimum Gasteiger partial charge on any atom is -0.310 e. The summed E-state index contributed by atoms with van der Waals surface area (Å²) in [5.74, 6) is 0. The fraction of sp³-hybridized carbons (Fsp3) is 0.312. The number of pyridine rings is 1. The highest BCUT2D eigenvalue weighted by atomic mass is 79.9. The number of benzene rings is 1. The first-order valence-electron chi connectivity index (χ1n) is 6.67. The Labute approximate surface area is 133 Å². The minimum atomic E-state index is 0.493. The summed E-state index contributed by atoms with van der Waals surface area (Å²) >= 11 is 5.16. The molecule has 0 aliphatic heterocycles. The molecule has 0 bridgehead atoms. The van der Waals surface area contributed by atoms with Crippen LogP contribution in [0.3, 0.4) is 0 Å². The third-order valence-corrected chi connectivity index (χ3v) is 4.49. The van der Waals surface area contributed by atoms with E-state index in [4.69, 9.17) is 0 Å². The molecule has 0 aliphatic rings. The zero-order chi connectivity index (χ0) is 14.5. The number of aromatic nitrogens is 1. The third kappa shape index (κ3) is 4.62. The standard InChI is InChI=1S/C16H19BrN2S/c1-11(2)18-9-13-8-12(3)16(19-10-13)20-15-6-4-14(17)5-7-15/h4-8,10-11,18H,9H2,1-3H3. The topological polar surface area (TPSA) is 24.9 Å². The van der Waals surface area contributed by atoms with E-state index in [1.807, 2.05) is 6.20 Å². The molecule has 0 atom stereocenters. The smallest absolute Gasteiger partial charge is 0.104 e. The maximum absolute atomic E-state index is 4.59. The second-order valence-electron chi connectivity index (χ2n) is 5.06. The zero-order valence-corrected chi connectivity index (χ0v) is 14.4. The van der Waals surface area contributed by atoms with Crippen molar-refractivity contribution in [1.82, 2.24) is 10.3 Å². The van der Waals surface area contributed by atoms with E-state index in [0.717, 1.165) is 16.0 Å². The second-order valence-corrected chi connectivity index (χ2v) is 7.04. The number of aryl methyl sites for hydroxylation is 1. The Morgan fingerprint density at radius 2 is 1.95 bits per heavy atom. The summed E-state index contributed by atoms with van der Waals surface area (Å²) in [4.78, 5) is 5.79. The van der Waals surface area contributed by atoms with Crippen molar-refractivity contribution in [2.45, 2.75) is 43.3 Å². The quantitative estimate of drug-likeness (QED) is 0.837. The maximum Gasteiger partial charge on any atom is 0.104 e. The number of hydrogen-bond acceptors (Lipinski definition) is 3. The summed E-state index contributed by atoms with van der Waals surface area (Å²) in [5, 5.41) is 4.48. The molecule has 1 aromatic carbocycles. The normalized spacial score (nSPS) is 11.1. The molecule has 1 N–H and O–H groups in total. The Morgan fingerprint density at radius 3 is 2.55 bits per heavy atom. The monoisotopic (exact) mass is 350 g/mol. The minimum absolute atomic E-state index is 0.493. The van der Waals surface area contributed by atoms with Gasteiger partial charge >= 0.3 is 0 Å². The molecular formula is C16H19BrN2S. The highest BCUT2D eigenvalue weighted by Crippen LogP contribution is 2.29. The molecule has 106 valence electrons. The molecule has 20 heavy (non-hydrogen) atoms. The average molecular weight is 351 g/mol. The molecule has 0 unspecified atom stereocenters. The fourth-order valence-electron chi connectivity index (χ4n) is 1.76. The van der Waals surface area contributed by atoms with E-state index in [1.165, 1.54) is 16.0 Å². The fourth-order valence-corrected chi connectivity index (χ4v) is 2.85. The van der Waals surface area contributed by atoms with Crippen LogP contribution >= 0.6 is 27.7 Å². The molecule has 0 saturated carbocycles. The van der Waals surface area contributed by atoms with E-state index < -0.39 is 0 Å². The Hall–Kier alpha value is -0.840. The molecule has 0 spiro atoms. The van der Waals surface area contributed by atoms with Crippen molar-refractivity contribution < 1.29 is 0 Å². The zero-order valence-electron chi connectivity index (χ0n) is 12.0. The van der Waals surface area contributed by atoms with Crippen LogP contribution in [0.2, 0.25) is 0 Å². The Balaban J connectivity index is 2.07. The number of rotatable bonds is 5. The summed E-state index contributed by atoms with van der Waals surface area (Å²) < 4.78 is 1.10. The van der Waals surface area contributed by atoms with Crippen molar-refractivity contribution in [2.24, 2.45) is 0 Å². The lowest BCUT2D eigenvalue weighted by Gasteiger charge is -2.10. The van der Waals surface area contributed by atoms with Crippen LogP contribution in [0.5, 0.6) is 0 Å². The molecule has 0 radical (unpaired) electrons. The van der Waals surface area contributed by atoms with Crippen molar-refractivity contribution in [3.05, 3.63) is 52.1 Å². The number of halogens is 1. The second kappa shape index (κ2) is 7.25. The first kappa shape index (κ1) is 15.5. The summed E-state index contributed by atoms with van der Waals surface area (Å²) in [6.45, 7) is 7.29. The SMILES string of the molecule is Cc1cc(CNC(C)C)cnc1Sc1ccc(Br)cc1. The van der Waals surface area contributed by atoms with Gasteiger partial charge in [-0.15, -0.1) is 0 Å². The summed E-state index contributed by atoms with van der Waals surface area (Å²) in [6.07, 6.45) is 1.96. The highest BCUT2D eigenvalue weighted by Gasteiger charge is 2.05. The number of nitrogens with one attached hydrogen (secondary N) is 1. The predicted molar refractivity (Wildman–Crippen MR) is 89.2 cm³/mol. The van der Waals surface area contributed by atoms with E-state index in [0.29, 0.717) is 6.04 Å². The van der Waals surface area contributed by atoms with Crippen LogP contribution in [0.4, 0.5) is 0 Å². The first-order valence-corrected chi connectivity index (χ1v) is 8.28. The lowest BCUT2D eigenvalue weighted by atomic mass is 10.2. The Bertz CT molecular complexity index is 567. The Kier molecular flexibility index (Phi) is 5.64. The van der Waals surface area contributed by atoms with Crippen LogP contribution in [0.25, 0.3) is 0 Å². The molecule has 1 aromatic heterocycles. The molecule has 4 heteroatoms. The van der Waals surface area contributed by atoms with Gasteiger partial charge in [0.2, 0.25) is 0 Å².